The zero-order chi connectivity index (χ0) is 19.1. The van der Waals surface area contributed by atoms with Crippen LogP contribution in [0, 0.1) is 0 Å². The van der Waals surface area contributed by atoms with Crippen molar-refractivity contribution < 1.29 is 14.3 Å². The highest BCUT2D eigenvalue weighted by molar-refractivity contribution is 5.92. The SMILES string of the molecule is CCOC(=O)N1CCN(C(=O)c2ccnc(NCc3ccncc3)n2)CC1. The van der Waals surface area contributed by atoms with Crippen molar-refractivity contribution in [1.82, 2.24) is 24.8 Å². The third-order valence-electron chi connectivity index (χ3n) is 4.17. The Morgan fingerprint density at radius 3 is 2.48 bits per heavy atom. The second-order valence-electron chi connectivity index (χ2n) is 5.95. The Balaban J connectivity index is 1.57. The van der Waals surface area contributed by atoms with E-state index in [4.69, 9.17) is 4.74 Å². The predicted octanol–water partition coefficient (Wildman–Crippen LogP) is 1.40. The Labute approximate surface area is 157 Å². The van der Waals surface area contributed by atoms with Gasteiger partial charge in [0.1, 0.15) is 5.69 Å². The standard InChI is InChI=1S/C18H22N6O3/c1-2-27-18(26)24-11-9-23(10-12-24)16(25)15-5-8-20-17(22-15)21-13-14-3-6-19-7-4-14/h3-8H,2,9-13H2,1H3,(H,20,21,22). The smallest absolute Gasteiger partial charge is 0.409 e. The first-order chi connectivity index (χ1) is 13.2. The molecule has 1 aliphatic heterocycles. The van der Waals surface area contributed by atoms with Crippen molar-refractivity contribution in [2.45, 2.75) is 13.5 Å². The van der Waals surface area contributed by atoms with Crippen LogP contribution >= 0.6 is 0 Å². The van der Waals surface area contributed by atoms with E-state index in [2.05, 4.69) is 20.3 Å². The number of pyridine rings is 1. The molecule has 2 aromatic rings. The fourth-order valence-corrected chi connectivity index (χ4v) is 2.71. The molecule has 0 radical (unpaired) electrons. The van der Waals surface area contributed by atoms with E-state index in [1.807, 2.05) is 12.1 Å². The molecule has 0 saturated carbocycles. The number of hydrogen-bond acceptors (Lipinski definition) is 7. The fourth-order valence-electron chi connectivity index (χ4n) is 2.71. The molecule has 2 aromatic heterocycles. The summed E-state index contributed by atoms with van der Waals surface area (Å²) in [5, 5.41) is 3.11. The number of ether oxygens (including phenoxy) is 1. The first kappa shape index (κ1) is 18.6. The molecule has 0 bridgehead atoms. The number of carbonyl (C=O) groups excluding carboxylic acids is 2. The molecular weight excluding hydrogens is 348 g/mol. The Bertz CT molecular complexity index is 778. The van der Waals surface area contributed by atoms with Crippen LogP contribution in [0.3, 0.4) is 0 Å². The van der Waals surface area contributed by atoms with Crippen LogP contribution in [0.2, 0.25) is 0 Å². The minimum atomic E-state index is -0.339. The summed E-state index contributed by atoms with van der Waals surface area (Å²) in [7, 11) is 0. The zero-order valence-corrected chi connectivity index (χ0v) is 15.2. The third-order valence-corrected chi connectivity index (χ3v) is 4.17. The molecule has 2 amide bonds. The van der Waals surface area contributed by atoms with Crippen molar-refractivity contribution >= 4 is 17.9 Å². The van der Waals surface area contributed by atoms with Crippen molar-refractivity contribution in [2.24, 2.45) is 0 Å². The normalized spacial score (nSPS) is 14.0. The maximum absolute atomic E-state index is 12.7. The van der Waals surface area contributed by atoms with Gasteiger partial charge in [0.25, 0.3) is 5.91 Å². The summed E-state index contributed by atoms with van der Waals surface area (Å²) in [6.07, 6.45) is 4.65. The van der Waals surface area contributed by atoms with E-state index in [1.54, 1.807) is 41.4 Å². The Hall–Kier alpha value is -3.23. The van der Waals surface area contributed by atoms with E-state index in [9.17, 15) is 9.59 Å². The van der Waals surface area contributed by atoms with E-state index in [0.29, 0.717) is 51.0 Å². The molecular formula is C18H22N6O3. The van der Waals surface area contributed by atoms with Gasteiger partial charge in [0.15, 0.2) is 0 Å². The molecule has 0 aliphatic carbocycles. The lowest BCUT2D eigenvalue weighted by Gasteiger charge is -2.33. The van der Waals surface area contributed by atoms with Gasteiger partial charge in [-0.2, -0.15) is 0 Å². The zero-order valence-electron chi connectivity index (χ0n) is 15.2. The molecule has 9 nitrogen and oxygen atoms in total. The van der Waals surface area contributed by atoms with Gasteiger partial charge < -0.3 is 19.9 Å². The van der Waals surface area contributed by atoms with E-state index >= 15 is 0 Å². The Morgan fingerprint density at radius 1 is 1.07 bits per heavy atom. The highest BCUT2D eigenvalue weighted by Gasteiger charge is 2.26. The van der Waals surface area contributed by atoms with Crippen molar-refractivity contribution in [3.05, 3.63) is 48.0 Å². The van der Waals surface area contributed by atoms with Crippen LogP contribution in [0.15, 0.2) is 36.8 Å². The number of rotatable bonds is 5. The van der Waals surface area contributed by atoms with Crippen LogP contribution in [-0.4, -0.2) is 69.5 Å². The number of aromatic nitrogens is 3. The number of carbonyl (C=O) groups is 2. The molecule has 142 valence electrons. The van der Waals surface area contributed by atoms with Crippen LogP contribution in [0.1, 0.15) is 23.0 Å². The monoisotopic (exact) mass is 370 g/mol. The van der Waals surface area contributed by atoms with Gasteiger partial charge in [-0.25, -0.2) is 14.8 Å². The average molecular weight is 370 g/mol. The van der Waals surface area contributed by atoms with E-state index in [1.165, 1.54) is 0 Å². The summed E-state index contributed by atoms with van der Waals surface area (Å²) in [5.74, 6) is 0.218. The summed E-state index contributed by atoms with van der Waals surface area (Å²) in [6.45, 7) is 4.44. The van der Waals surface area contributed by atoms with Gasteiger partial charge in [0, 0.05) is 51.3 Å². The maximum atomic E-state index is 12.7. The molecule has 1 fully saturated rings. The molecule has 1 N–H and O–H groups in total. The predicted molar refractivity (Wildman–Crippen MR) is 98.1 cm³/mol. The van der Waals surface area contributed by atoms with Crippen LogP contribution in [0.25, 0.3) is 0 Å². The fraction of sp³-hybridized carbons (Fsp3) is 0.389. The Morgan fingerprint density at radius 2 is 1.78 bits per heavy atom. The lowest BCUT2D eigenvalue weighted by molar-refractivity contribution is 0.0566. The number of amides is 2. The largest absolute Gasteiger partial charge is 0.450 e. The summed E-state index contributed by atoms with van der Waals surface area (Å²) in [4.78, 5) is 40.2. The van der Waals surface area contributed by atoms with Crippen molar-refractivity contribution in [2.75, 3.05) is 38.1 Å². The maximum Gasteiger partial charge on any atom is 0.409 e. The number of nitrogens with one attached hydrogen (secondary N) is 1. The minimum Gasteiger partial charge on any atom is -0.450 e. The molecule has 0 atom stereocenters. The first-order valence-electron chi connectivity index (χ1n) is 8.84. The topological polar surface area (TPSA) is 101 Å². The van der Waals surface area contributed by atoms with Crippen LogP contribution in [-0.2, 0) is 11.3 Å². The average Bonchev–Trinajstić information content (AvgIpc) is 2.73. The Kier molecular flexibility index (Phi) is 6.14. The molecule has 27 heavy (non-hydrogen) atoms. The lowest BCUT2D eigenvalue weighted by Crippen LogP contribution is -2.50. The third kappa shape index (κ3) is 4.90. The summed E-state index contributed by atoms with van der Waals surface area (Å²) in [6, 6.07) is 5.38. The quantitative estimate of drug-likeness (QED) is 0.849. The molecule has 3 rings (SSSR count). The minimum absolute atomic E-state index is 0.173. The summed E-state index contributed by atoms with van der Waals surface area (Å²) < 4.78 is 4.99. The van der Waals surface area contributed by atoms with E-state index in [0.717, 1.165) is 5.56 Å². The van der Waals surface area contributed by atoms with Gasteiger partial charge in [-0.3, -0.25) is 9.78 Å². The van der Waals surface area contributed by atoms with Gasteiger partial charge in [0.05, 0.1) is 6.61 Å². The summed E-state index contributed by atoms with van der Waals surface area (Å²) >= 11 is 0. The second kappa shape index (κ2) is 8.93. The van der Waals surface area contributed by atoms with Crippen molar-refractivity contribution in [3.8, 4) is 0 Å². The van der Waals surface area contributed by atoms with Crippen LogP contribution in [0.5, 0.6) is 0 Å². The van der Waals surface area contributed by atoms with Crippen LogP contribution in [0.4, 0.5) is 10.7 Å². The van der Waals surface area contributed by atoms with Gasteiger partial charge in [-0.15, -0.1) is 0 Å². The van der Waals surface area contributed by atoms with Crippen LogP contribution < -0.4 is 5.32 Å². The first-order valence-corrected chi connectivity index (χ1v) is 8.84. The van der Waals surface area contributed by atoms with Gasteiger partial charge in [0.2, 0.25) is 5.95 Å². The number of nitrogens with zero attached hydrogens (tertiary/aromatic N) is 5. The number of hydrogen-bond donors (Lipinski definition) is 1. The molecule has 1 saturated heterocycles. The van der Waals surface area contributed by atoms with Gasteiger partial charge in [-0.05, 0) is 30.7 Å². The number of anilines is 1. The molecule has 1 aliphatic rings. The molecule has 0 unspecified atom stereocenters. The molecule has 0 aromatic carbocycles. The highest BCUT2D eigenvalue weighted by Crippen LogP contribution is 2.10. The van der Waals surface area contributed by atoms with Gasteiger partial charge >= 0.3 is 6.09 Å². The van der Waals surface area contributed by atoms with Gasteiger partial charge in [-0.1, -0.05) is 0 Å². The second-order valence-corrected chi connectivity index (χ2v) is 5.95. The summed E-state index contributed by atoms with van der Waals surface area (Å²) in [5.41, 5.74) is 1.37. The number of piperazine rings is 1. The molecule has 0 spiro atoms. The highest BCUT2D eigenvalue weighted by atomic mass is 16.6. The van der Waals surface area contributed by atoms with Crippen molar-refractivity contribution in [3.63, 3.8) is 0 Å². The molecule has 9 heteroatoms. The lowest BCUT2D eigenvalue weighted by atomic mass is 10.2. The van der Waals surface area contributed by atoms with E-state index in [-0.39, 0.29) is 12.0 Å². The molecule has 3 heterocycles. The van der Waals surface area contributed by atoms with E-state index < -0.39 is 0 Å². The van der Waals surface area contributed by atoms with Crippen molar-refractivity contribution in [1.29, 1.82) is 0 Å².